The summed E-state index contributed by atoms with van der Waals surface area (Å²) in [5.41, 5.74) is 5.59. The van der Waals surface area contributed by atoms with E-state index in [2.05, 4.69) is 10.5 Å². The van der Waals surface area contributed by atoms with Crippen LogP contribution >= 0.6 is 0 Å². The molecule has 1 aliphatic heterocycles. The van der Waals surface area contributed by atoms with Crippen LogP contribution in [0.4, 0.5) is 4.79 Å². The highest BCUT2D eigenvalue weighted by molar-refractivity contribution is 5.89. The fourth-order valence-corrected chi connectivity index (χ4v) is 1.88. The molecule has 0 radical (unpaired) electrons. The van der Waals surface area contributed by atoms with Crippen LogP contribution in [0.3, 0.4) is 0 Å². The van der Waals surface area contributed by atoms with E-state index < -0.39 is 0 Å². The highest BCUT2D eigenvalue weighted by Crippen LogP contribution is 2.17. The second-order valence-electron chi connectivity index (χ2n) is 4.33. The first-order chi connectivity index (χ1) is 7.56. The summed E-state index contributed by atoms with van der Waals surface area (Å²) in [7, 11) is 0. The van der Waals surface area contributed by atoms with Crippen LogP contribution < -0.4 is 11.1 Å². The highest BCUT2D eigenvalue weighted by Gasteiger charge is 2.29. The number of hydrogen-bond donors (Lipinski definition) is 3. The van der Waals surface area contributed by atoms with Gasteiger partial charge in [0.25, 0.3) is 0 Å². The number of nitrogens with one attached hydrogen (secondary N) is 1. The minimum Gasteiger partial charge on any atom is -0.409 e. The maximum absolute atomic E-state index is 11.9. The molecular weight excluding hydrogens is 208 g/mol. The third kappa shape index (κ3) is 3.01. The van der Waals surface area contributed by atoms with E-state index in [1.807, 2.05) is 13.8 Å². The van der Waals surface area contributed by atoms with Gasteiger partial charge in [-0.1, -0.05) is 5.16 Å². The van der Waals surface area contributed by atoms with Gasteiger partial charge < -0.3 is 21.2 Å². The van der Waals surface area contributed by atoms with Crippen LogP contribution in [0.1, 0.15) is 33.1 Å². The van der Waals surface area contributed by atoms with Gasteiger partial charge in [-0.15, -0.1) is 0 Å². The molecular formula is C10H20N4O2. The number of likely N-dealkylation sites (tertiary alicyclic amines) is 1. The number of carbonyl (C=O) groups excluding carboxylic acids is 1. The molecule has 0 aromatic heterocycles. The number of nitrogens with two attached hydrogens (primary N) is 1. The molecule has 1 unspecified atom stereocenters. The summed E-state index contributed by atoms with van der Waals surface area (Å²) in [6, 6.07) is -0.342. The molecule has 0 saturated carbocycles. The molecule has 0 aromatic carbocycles. The van der Waals surface area contributed by atoms with Gasteiger partial charge in [0.15, 0.2) is 5.84 Å². The molecule has 0 aliphatic carbocycles. The Hall–Kier alpha value is -1.46. The van der Waals surface area contributed by atoms with Gasteiger partial charge in [-0.05, 0) is 33.1 Å². The van der Waals surface area contributed by atoms with Gasteiger partial charge in [-0.2, -0.15) is 0 Å². The molecule has 6 nitrogen and oxygen atoms in total. The SMILES string of the molecule is CC(C)NC(=O)N1CCCCC1C(N)=NO. The van der Waals surface area contributed by atoms with Gasteiger partial charge in [0, 0.05) is 12.6 Å². The topological polar surface area (TPSA) is 91.0 Å². The van der Waals surface area contributed by atoms with Gasteiger partial charge in [0.05, 0.1) is 6.04 Å². The number of piperidine rings is 1. The number of rotatable bonds is 2. The Balaban J connectivity index is 2.70. The van der Waals surface area contributed by atoms with Crippen molar-refractivity contribution in [3.63, 3.8) is 0 Å². The Morgan fingerprint density at radius 3 is 2.81 bits per heavy atom. The van der Waals surface area contributed by atoms with Crippen LogP contribution in [-0.4, -0.2) is 40.6 Å². The molecule has 1 aliphatic rings. The summed E-state index contributed by atoms with van der Waals surface area (Å²) >= 11 is 0. The summed E-state index contributed by atoms with van der Waals surface area (Å²) in [6.45, 7) is 4.46. The van der Waals surface area contributed by atoms with E-state index in [1.54, 1.807) is 4.90 Å². The molecule has 0 spiro atoms. The summed E-state index contributed by atoms with van der Waals surface area (Å²) in [5.74, 6) is 0.110. The van der Waals surface area contributed by atoms with Crippen molar-refractivity contribution in [2.24, 2.45) is 10.9 Å². The molecule has 0 aromatic rings. The number of amides is 2. The van der Waals surface area contributed by atoms with Crippen molar-refractivity contribution in [3.05, 3.63) is 0 Å². The average Bonchev–Trinajstić information content (AvgIpc) is 2.27. The van der Waals surface area contributed by atoms with Crippen LogP contribution in [0.25, 0.3) is 0 Å². The first-order valence-electron chi connectivity index (χ1n) is 5.60. The van der Waals surface area contributed by atoms with Gasteiger partial charge in [-0.25, -0.2) is 4.79 Å². The van der Waals surface area contributed by atoms with Crippen LogP contribution in [0.5, 0.6) is 0 Å². The number of hydrogen-bond acceptors (Lipinski definition) is 3. The molecule has 1 fully saturated rings. The largest absolute Gasteiger partial charge is 0.409 e. The number of carbonyl (C=O) groups is 1. The Labute approximate surface area is 95.5 Å². The number of nitrogens with zero attached hydrogens (tertiary/aromatic N) is 2. The van der Waals surface area contributed by atoms with Crippen LogP contribution in [0, 0.1) is 0 Å². The van der Waals surface area contributed by atoms with E-state index >= 15 is 0 Å². The molecule has 6 heteroatoms. The van der Waals surface area contributed by atoms with Gasteiger partial charge in [0.2, 0.25) is 0 Å². The van der Waals surface area contributed by atoms with Crippen molar-refractivity contribution in [1.29, 1.82) is 0 Å². The van der Waals surface area contributed by atoms with E-state index in [1.165, 1.54) is 0 Å². The molecule has 1 rings (SSSR count). The second-order valence-corrected chi connectivity index (χ2v) is 4.33. The predicted octanol–water partition coefficient (Wildman–Crippen LogP) is 0.705. The third-order valence-corrected chi connectivity index (χ3v) is 2.63. The minimum absolute atomic E-state index is 0.0855. The van der Waals surface area contributed by atoms with Crippen LogP contribution in [-0.2, 0) is 0 Å². The normalized spacial score (nSPS) is 22.3. The minimum atomic E-state index is -0.280. The number of amidine groups is 1. The Morgan fingerprint density at radius 2 is 2.25 bits per heavy atom. The molecule has 0 bridgehead atoms. The van der Waals surface area contributed by atoms with Crippen LogP contribution in [0.2, 0.25) is 0 Å². The standard InChI is InChI=1S/C10H20N4O2/c1-7(2)12-10(15)14-6-4-3-5-8(14)9(11)13-16/h7-8,16H,3-6H2,1-2H3,(H2,11,13)(H,12,15). The van der Waals surface area contributed by atoms with E-state index in [4.69, 9.17) is 10.9 Å². The molecule has 1 saturated heterocycles. The van der Waals surface area contributed by atoms with Crippen molar-refractivity contribution in [1.82, 2.24) is 10.2 Å². The first-order valence-corrected chi connectivity index (χ1v) is 5.60. The van der Waals surface area contributed by atoms with E-state index in [0.29, 0.717) is 6.54 Å². The summed E-state index contributed by atoms with van der Waals surface area (Å²) in [4.78, 5) is 13.5. The van der Waals surface area contributed by atoms with E-state index in [-0.39, 0.29) is 24.0 Å². The summed E-state index contributed by atoms with van der Waals surface area (Å²) in [6.07, 6.45) is 2.70. The average molecular weight is 228 g/mol. The van der Waals surface area contributed by atoms with Crippen LogP contribution in [0.15, 0.2) is 5.16 Å². The monoisotopic (exact) mass is 228 g/mol. The molecule has 1 heterocycles. The fourth-order valence-electron chi connectivity index (χ4n) is 1.88. The molecule has 2 amide bonds. The third-order valence-electron chi connectivity index (χ3n) is 2.63. The zero-order valence-corrected chi connectivity index (χ0v) is 9.81. The lowest BCUT2D eigenvalue weighted by molar-refractivity contribution is 0.168. The van der Waals surface area contributed by atoms with Crippen molar-refractivity contribution < 1.29 is 10.0 Å². The summed E-state index contributed by atoms with van der Waals surface area (Å²) < 4.78 is 0. The molecule has 16 heavy (non-hydrogen) atoms. The lowest BCUT2D eigenvalue weighted by atomic mass is 10.0. The van der Waals surface area contributed by atoms with Gasteiger partial charge in [-0.3, -0.25) is 0 Å². The van der Waals surface area contributed by atoms with Crippen molar-refractivity contribution in [2.45, 2.75) is 45.2 Å². The zero-order chi connectivity index (χ0) is 12.1. The van der Waals surface area contributed by atoms with Crippen molar-refractivity contribution in [3.8, 4) is 0 Å². The van der Waals surface area contributed by atoms with Crippen molar-refractivity contribution >= 4 is 11.9 Å². The lowest BCUT2D eigenvalue weighted by Gasteiger charge is -2.35. The maximum Gasteiger partial charge on any atom is 0.318 e. The first kappa shape index (κ1) is 12.6. The van der Waals surface area contributed by atoms with E-state index in [0.717, 1.165) is 19.3 Å². The Kier molecular flexibility index (Phi) is 4.39. The Morgan fingerprint density at radius 1 is 1.56 bits per heavy atom. The molecule has 4 N–H and O–H groups in total. The molecule has 92 valence electrons. The Bertz CT molecular complexity index is 278. The zero-order valence-electron chi connectivity index (χ0n) is 9.81. The fraction of sp³-hybridized carbons (Fsp3) is 0.800. The van der Waals surface area contributed by atoms with Gasteiger partial charge >= 0.3 is 6.03 Å². The smallest absolute Gasteiger partial charge is 0.318 e. The maximum atomic E-state index is 11.9. The van der Waals surface area contributed by atoms with Gasteiger partial charge in [0.1, 0.15) is 0 Å². The van der Waals surface area contributed by atoms with Crippen molar-refractivity contribution in [2.75, 3.05) is 6.54 Å². The second kappa shape index (κ2) is 5.58. The lowest BCUT2D eigenvalue weighted by Crippen LogP contribution is -2.54. The number of oxime groups is 1. The molecule has 1 atom stereocenters. The quantitative estimate of drug-likeness (QED) is 0.281. The number of urea groups is 1. The van der Waals surface area contributed by atoms with E-state index in [9.17, 15) is 4.79 Å². The highest BCUT2D eigenvalue weighted by atomic mass is 16.4. The predicted molar refractivity (Wildman–Crippen MR) is 61.4 cm³/mol. The summed E-state index contributed by atoms with van der Waals surface area (Å²) in [5, 5.41) is 14.5.